The Balaban J connectivity index is 1.24. The van der Waals surface area contributed by atoms with E-state index in [1.165, 1.54) is 66.4 Å². The highest BCUT2D eigenvalue weighted by Gasteiger charge is 2.54. The summed E-state index contributed by atoms with van der Waals surface area (Å²) in [6.45, 7) is 4.61. The van der Waals surface area contributed by atoms with Crippen LogP contribution in [0.15, 0.2) is 218 Å². The maximum absolute atomic E-state index is 2.50. The first-order valence-electron chi connectivity index (χ1n) is 20.5. The fourth-order valence-corrected chi connectivity index (χ4v) is 10.2. The average Bonchev–Trinajstić information content (AvgIpc) is 3.73. The monoisotopic (exact) mass is 754 g/mol. The number of nitrogens with zero attached hydrogens (tertiary/aromatic N) is 2. The average molecular weight is 755 g/mol. The highest BCUT2D eigenvalue weighted by atomic mass is 15.2. The van der Waals surface area contributed by atoms with Crippen molar-refractivity contribution in [1.29, 1.82) is 0 Å². The van der Waals surface area contributed by atoms with Crippen LogP contribution in [-0.2, 0) is 5.41 Å². The highest BCUT2D eigenvalue weighted by molar-refractivity contribution is 6.12. The van der Waals surface area contributed by atoms with Crippen molar-refractivity contribution in [2.75, 3.05) is 9.80 Å². The van der Waals surface area contributed by atoms with Crippen LogP contribution in [0.4, 0.5) is 34.1 Å². The summed E-state index contributed by atoms with van der Waals surface area (Å²) >= 11 is 0. The summed E-state index contributed by atoms with van der Waals surface area (Å²) in [7, 11) is 0. The van der Waals surface area contributed by atoms with Gasteiger partial charge >= 0.3 is 0 Å². The summed E-state index contributed by atoms with van der Waals surface area (Å²) in [5, 5.41) is 2.43. The summed E-state index contributed by atoms with van der Waals surface area (Å²) in [5.74, 6) is 0. The molecule has 0 radical (unpaired) electrons. The van der Waals surface area contributed by atoms with Gasteiger partial charge in [-0.05, 0) is 130 Å². The second kappa shape index (κ2) is 13.9. The van der Waals surface area contributed by atoms with E-state index in [2.05, 4.69) is 242 Å². The minimum absolute atomic E-state index is 0.594. The van der Waals surface area contributed by atoms with Gasteiger partial charge in [0.15, 0.2) is 0 Å². The molecule has 0 saturated heterocycles. The van der Waals surface area contributed by atoms with E-state index in [0.717, 1.165) is 34.1 Å². The minimum atomic E-state index is -0.594. The van der Waals surface area contributed by atoms with Crippen LogP contribution in [0.25, 0.3) is 33.0 Å². The molecule has 9 aromatic rings. The lowest BCUT2D eigenvalue weighted by Crippen LogP contribution is -2.27. The van der Waals surface area contributed by atoms with Crippen molar-refractivity contribution >= 4 is 56.0 Å². The number of fused-ring (bicyclic) bond motifs is 8. The predicted octanol–water partition coefficient (Wildman–Crippen LogP) is 15.3. The van der Waals surface area contributed by atoms with Gasteiger partial charge in [-0.1, -0.05) is 158 Å². The molecule has 280 valence electrons. The van der Waals surface area contributed by atoms with E-state index in [1.54, 1.807) is 0 Å². The minimum Gasteiger partial charge on any atom is -0.310 e. The number of benzene rings is 9. The first kappa shape index (κ1) is 34.8. The lowest BCUT2D eigenvalue weighted by molar-refractivity contribution is 0.840. The zero-order chi connectivity index (χ0) is 39.5. The van der Waals surface area contributed by atoms with E-state index >= 15 is 0 Å². The molecule has 2 heteroatoms. The Hall–Kier alpha value is -7.42. The Bertz CT molecular complexity index is 3030. The van der Waals surface area contributed by atoms with Gasteiger partial charge in [-0.2, -0.15) is 0 Å². The van der Waals surface area contributed by atoms with Crippen LogP contribution in [0.2, 0.25) is 0 Å². The second-order valence-corrected chi connectivity index (χ2v) is 15.7. The standard InChI is InChI=1S/C57H42N2/c1-39-20-12-14-29-46(39)56-40(2)47-37-36-45(59(44-27-10-5-11-28-44)53-34-18-22-41-21-13-15-30-48(41)53)38-52(47)57(56)50-32-17-16-31-49(50)55-51(57)33-19-35-54(55)58(42-23-6-3-7-24-42)43-25-8-4-9-26-43/h3-38H,1-2H3. The van der Waals surface area contributed by atoms with Gasteiger partial charge in [0.05, 0.1) is 16.8 Å². The molecule has 1 atom stereocenters. The lowest BCUT2D eigenvalue weighted by Gasteiger charge is -2.35. The summed E-state index contributed by atoms with van der Waals surface area (Å²) in [6, 6.07) is 80.1. The van der Waals surface area contributed by atoms with Gasteiger partial charge in [-0.15, -0.1) is 0 Å². The molecule has 2 nitrogen and oxygen atoms in total. The molecule has 2 aliphatic carbocycles. The number of aryl methyl sites for hydroxylation is 1. The second-order valence-electron chi connectivity index (χ2n) is 15.7. The van der Waals surface area contributed by atoms with Crippen LogP contribution in [0.3, 0.4) is 0 Å². The number of hydrogen-bond donors (Lipinski definition) is 0. The van der Waals surface area contributed by atoms with Crippen LogP contribution >= 0.6 is 0 Å². The number of rotatable bonds is 7. The van der Waals surface area contributed by atoms with Crippen molar-refractivity contribution in [2.24, 2.45) is 0 Å². The molecule has 59 heavy (non-hydrogen) atoms. The first-order valence-corrected chi connectivity index (χ1v) is 20.5. The number of allylic oxidation sites excluding steroid dienone is 2. The van der Waals surface area contributed by atoms with E-state index in [4.69, 9.17) is 0 Å². The molecule has 1 spiro atoms. The molecule has 9 aromatic carbocycles. The van der Waals surface area contributed by atoms with Gasteiger partial charge in [-0.3, -0.25) is 0 Å². The molecule has 0 heterocycles. The molecular formula is C57H42N2. The van der Waals surface area contributed by atoms with E-state index < -0.39 is 5.41 Å². The molecule has 2 aliphatic rings. The fourth-order valence-electron chi connectivity index (χ4n) is 10.2. The van der Waals surface area contributed by atoms with Crippen LogP contribution in [0.1, 0.15) is 40.3 Å². The normalized spacial score (nSPS) is 14.9. The summed E-state index contributed by atoms with van der Waals surface area (Å²) < 4.78 is 0. The van der Waals surface area contributed by atoms with Crippen molar-refractivity contribution in [1.82, 2.24) is 0 Å². The zero-order valence-electron chi connectivity index (χ0n) is 33.2. The predicted molar refractivity (Wildman–Crippen MR) is 249 cm³/mol. The Morgan fingerprint density at radius 3 is 1.58 bits per heavy atom. The Kier molecular flexibility index (Phi) is 8.20. The zero-order valence-corrected chi connectivity index (χ0v) is 33.2. The molecule has 11 rings (SSSR count). The summed E-state index contributed by atoms with van der Waals surface area (Å²) in [6.07, 6.45) is 0. The van der Waals surface area contributed by atoms with Gasteiger partial charge in [0.1, 0.15) is 0 Å². The van der Waals surface area contributed by atoms with E-state index in [-0.39, 0.29) is 0 Å². The van der Waals surface area contributed by atoms with Crippen molar-refractivity contribution < 1.29 is 0 Å². The molecule has 0 amide bonds. The summed E-state index contributed by atoms with van der Waals surface area (Å²) in [5.41, 5.74) is 19.2. The SMILES string of the molecule is CC1=C(c2ccccc2C)C2(c3cc(N(c4ccccc4)c4cccc5ccccc45)ccc31)c1ccccc1-c1c(N(c3ccccc3)c3ccccc3)cccc12. The third kappa shape index (κ3) is 5.26. The smallest absolute Gasteiger partial charge is 0.0729 e. The van der Waals surface area contributed by atoms with Gasteiger partial charge in [-0.25, -0.2) is 0 Å². The van der Waals surface area contributed by atoms with Gasteiger partial charge in [0.25, 0.3) is 0 Å². The Morgan fingerprint density at radius 2 is 0.881 bits per heavy atom. The van der Waals surface area contributed by atoms with Crippen molar-refractivity contribution in [3.63, 3.8) is 0 Å². The third-order valence-electron chi connectivity index (χ3n) is 12.6. The van der Waals surface area contributed by atoms with Crippen molar-refractivity contribution in [3.05, 3.63) is 252 Å². The molecule has 0 aliphatic heterocycles. The quantitative estimate of drug-likeness (QED) is 0.160. The van der Waals surface area contributed by atoms with Crippen molar-refractivity contribution in [3.8, 4) is 11.1 Å². The number of para-hydroxylation sites is 3. The maximum Gasteiger partial charge on any atom is 0.0729 e. The largest absolute Gasteiger partial charge is 0.310 e. The molecule has 0 saturated carbocycles. The third-order valence-corrected chi connectivity index (χ3v) is 12.6. The molecule has 1 unspecified atom stereocenters. The lowest BCUT2D eigenvalue weighted by atomic mass is 9.67. The molecule has 0 aromatic heterocycles. The van der Waals surface area contributed by atoms with Crippen molar-refractivity contribution in [2.45, 2.75) is 19.3 Å². The van der Waals surface area contributed by atoms with Gasteiger partial charge in [0, 0.05) is 33.7 Å². The maximum atomic E-state index is 2.50. The van der Waals surface area contributed by atoms with Gasteiger partial charge < -0.3 is 9.80 Å². The molecular weight excluding hydrogens is 713 g/mol. The molecule has 0 fully saturated rings. The first-order chi connectivity index (χ1) is 29.1. The molecule has 0 N–H and O–H groups in total. The fraction of sp³-hybridized carbons (Fsp3) is 0.0526. The number of hydrogen-bond acceptors (Lipinski definition) is 2. The summed E-state index contributed by atoms with van der Waals surface area (Å²) in [4.78, 5) is 4.88. The number of anilines is 6. The van der Waals surface area contributed by atoms with E-state index in [0.29, 0.717) is 0 Å². The van der Waals surface area contributed by atoms with E-state index in [1.807, 2.05) is 0 Å². The van der Waals surface area contributed by atoms with Crippen LogP contribution in [-0.4, -0.2) is 0 Å². The highest BCUT2D eigenvalue weighted by Crippen LogP contribution is 2.67. The molecule has 0 bridgehead atoms. The van der Waals surface area contributed by atoms with Crippen LogP contribution in [0.5, 0.6) is 0 Å². The van der Waals surface area contributed by atoms with Crippen LogP contribution < -0.4 is 9.80 Å². The van der Waals surface area contributed by atoms with E-state index in [9.17, 15) is 0 Å². The Morgan fingerprint density at radius 1 is 0.356 bits per heavy atom. The topological polar surface area (TPSA) is 6.48 Å². The Labute approximate surface area is 346 Å². The van der Waals surface area contributed by atoms with Crippen LogP contribution in [0, 0.1) is 6.92 Å². The van der Waals surface area contributed by atoms with Gasteiger partial charge in [0.2, 0.25) is 0 Å².